The number of aromatic amines is 2. The largest absolute Gasteiger partial charge is 0.342 e. The Kier molecular flexibility index (Phi) is 3.76. The molecule has 3 aromatic rings. The van der Waals surface area contributed by atoms with Gasteiger partial charge in [-0.05, 0) is 25.8 Å². The molecule has 1 aromatic carbocycles. The van der Waals surface area contributed by atoms with Crippen molar-refractivity contribution >= 4 is 16.8 Å². The van der Waals surface area contributed by atoms with Gasteiger partial charge in [0.25, 0.3) is 0 Å². The minimum absolute atomic E-state index is 0.126. The molecule has 1 amide bonds. The Hall–Kier alpha value is -2.70. The summed E-state index contributed by atoms with van der Waals surface area (Å²) in [4.78, 5) is 19.1. The van der Waals surface area contributed by atoms with Gasteiger partial charge < -0.3 is 4.90 Å². The van der Waals surface area contributed by atoms with Crippen molar-refractivity contribution in [1.82, 2.24) is 30.3 Å². The van der Waals surface area contributed by atoms with Crippen LogP contribution in [0, 0.1) is 6.92 Å². The summed E-state index contributed by atoms with van der Waals surface area (Å²) in [6.07, 6.45) is 2.35. The number of aromatic nitrogens is 5. The van der Waals surface area contributed by atoms with Gasteiger partial charge in [-0.15, -0.1) is 0 Å². The second-order valence-corrected chi connectivity index (χ2v) is 6.35. The summed E-state index contributed by atoms with van der Waals surface area (Å²) in [6.45, 7) is 3.37. The van der Waals surface area contributed by atoms with Crippen LogP contribution in [0.3, 0.4) is 0 Å². The molecule has 3 heterocycles. The van der Waals surface area contributed by atoms with Crippen LogP contribution in [-0.4, -0.2) is 49.3 Å². The Bertz CT molecular complexity index is 867. The van der Waals surface area contributed by atoms with Crippen LogP contribution in [0.1, 0.15) is 36.1 Å². The van der Waals surface area contributed by atoms with Gasteiger partial charge in [-0.3, -0.25) is 15.0 Å². The molecular formula is C17H20N6O. The van der Waals surface area contributed by atoms with Crippen molar-refractivity contribution in [2.24, 2.45) is 0 Å². The van der Waals surface area contributed by atoms with Crippen molar-refractivity contribution in [2.75, 3.05) is 13.1 Å². The number of amides is 1. The molecule has 0 aliphatic carbocycles. The molecule has 1 saturated heterocycles. The van der Waals surface area contributed by atoms with Gasteiger partial charge in [0.15, 0.2) is 5.82 Å². The predicted molar refractivity (Wildman–Crippen MR) is 89.5 cm³/mol. The van der Waals surface area contributed by atoms with Crippen LogP contribution in [0.25, 0.3) is 10.9 Å². The summed E-state index contributed by atoms with van der Waals surface area (Å²) in [5, 5.41) is 15.4. The molecule has 2 N–H and O–H groups in total. The van der Waals surface area contributed by atoms with E-state index in [9.17, 15) is 4.79 Å². The van der Waals surface area contributed by atoms with Gasteiger partial charge >= 0.3 is 0 Å². The van der Waals surface area contributed by atoms with E-state index in [1.54, 1.807) is 0 Å². The van der Waals surface area contributed by atoms with Gasteiger partial charge in [-0.2, -0.15) is 10.2 Å². The lowest BCUT2D eigenvalue weighted by Crippen LogP contribution is -2.40. The number of H-pyrrole nitrogens is 2. The zero-order chi connectivity index (χ0) is 16.5. The Morgan fingerprint density at radius 3 is 3.00 bits per heavy atom. The fourth-order valence-electron chi connectivity index (χ4n) is 3.37. The third-order valence-corrected chi connectivity index (χ3v) is 4.62. The minimum atomic E-state index is 0.126. The molecular weight excluding hydrogens is 304 g/mol. The maximum atomic E-state index is 12.7. The molecule has 0 radical (unpaired) electrons. The van der Waals surface area contributed by atoms with Crippen LogP contribution in [0.4, 0.5) is 0 Å². The molecule has 0 spiro atoms. The molecule has 7 nitrogen and oxygen atoms in total. The number of hydrogen-bond acceptors (Lipinski definition) is 4. The smallest absolute Gasteiger partial charge is 0.228 e. The third kappa shape index (κ3) is 2.77. The molecule has 4 rings (SSSR count). The summed E-state index contributed by atoms with van der Waals surface area (Å²) in [5.74, 6) is 1.97. The normalized spacial score (nSPS) is 18.2. The number of carbonyl (C=O) groups excluding carboxylic acids is 1. The Morgan fingerprint density at radius 1 is 1.29 bits per heavy atom. The lowest BCUT2D eigenvalue weighted by Gasteiger charge is -2.31. The van der Waals surface area contributed by atoms with Gasteiger partial charge in [0.1, 0.15) is 5.82 Å². The number of nitrogens with zero attached hydrogens (tertiary/aromatic N) is 4. The van der Waals surface area contributed by atoms with Gasteiger partial charge in [-0.25, -0.2) is 4.98 Å². The monoisotopic (exact) mass is 324 g/mol. The van der Waals surface area contributed by atoms with E-state index in [4.69, 9.17) is 0 Å². The highest BCUT2D eigenvalue weighted by Crippen LogP contribution is 2.25. The van der Waals surface area contributed by atoms with Crippen LogP contribution in [0.5, 0.6) is 0 Å². The first-order valence-corrected chi connectivity index (χ1v) is 8.29. The molecule has 1 aliphatic rings. The number of carbonyl (C=O) groups is 1. The van der Waals surface area contributed by atoms with E-state index >= 15 is 0 Å². The van der Waals surface area contributed by atoms with Crippen molar-refractivity contribution in [2.45, 2.75) is 32.1 Å². The molecule has 7 heteroatoms. The third-order valence-electron chi connectivity index (χ3n) is 4.62. The highest BCUT2D eigenvalue weighted by Gasteiger charge is 2.27. The first kappa shape index (κ1) is 14.9. The molecule has 0 bridgehead atoms. The maximum Gasteiger partial charge on any atom is 0.228 e. The second-order valence-electron chi connectivity index (χ2n) is 6.35. The van der Waals surface area contributed by atoms with Crippen molar-refractivity contribution in [3.8, 4) is 0 Å². The molecule has 1 fully saturated rings. The van der Waals surface area contributed by atoms with E-state index in [-0.39, 0.29) is 11.8 Å². The average Bonchev–Trinajstić information content (AvgIpc) is 3.22. The summed E-state index contributed by atoms with van der Waals surface area (Å²) >= 11 is 0. The highest BCUT2D eigenvalue weighted by molar-refractivity contribution is 5.87. The summed E-state index contributed by atoms with van der Waals surface area (Å²) in [5.41, 5.74) is 1.78. The van der Waals surface area contributed by atoms with E-state index in [2.05, 4.69) is 25.4 Å². The molecule has 2 aromatic heterocycles. The summed E-state index contributed by atoms with van der Waals surface area (Å²) in [6, 6.07) is 7.86. The Morgan fingerprint density at radius 2 is 2.17 bits per heavy atom. The lowest BCUT2D eigenvalue weighted by molar-refractivity contribution is -0.131. The number of rotatable bonds is 3. The highest BCUT2D eigenvalue weighted by atomic mass is 16.2. The van der Waals surface area contributed by atoms with Crippen LogP contribution in [0.15, 0.2) is 24.3 Å². The number of piperidine rings is 1. The average molecular weight is 324 g/mol. The topological polar surface area (TPSA) is 90.6 Å². The Balaban J connectivity index is 1.48. The van der Waals surface area contributed by atoms with E-state index in [1.807, 2.05) is 36.1 Å². The summed E-state index contributed by atoms with van der Waals surface area (Å²) < 4.78 is 0. The molecule has 24 heavy (non-hydrogen) atoms. The fraction of sp³-hybridized carbons (Fsp3) is 0.412. The first-order chi connectivity index (χ1) is 11.7. The van der Waals surface area contributed by atoms with Crippen molar-refractivity contribution in [3.63, 3.8) is 0 Å². The van der Waals surface area contributed by atoms with Crippen molar-refractivity contribution in [1.29, 1.82) is 0 Å². The van der Waals surface area contributed by atoms with Crippen LogP contribution < -0.4 is 0 Å². The molecule has 0 saturated carbocycles. The molecule has 1 atom stereocenters. The number of likely N-dealkylation sites (tertiary alicyclic amines) is 1. The second kappa shape index (κ2) is 6.07. The zero-order valence-corrected chi connectivity index (χ0v) is 13.6. The van der Waals surface area contributed by atoms with Crippen LogP contribution in [-0.2, 0) is 11.2 Å². The molecule has 124 valence electrons. The van der Waals surface area contributed by atoms with Gasteiger partial charge in [0.05, 0.1) is 17.6 Å². The SMILES string of the molecule is Cc1nc(C2CCCN(C(=O)Cc3[nH]nc4ccccc34)C2)n[nH]1. The van der Waals surface area contributed by atoms with Crippen LogP contribution in [0.2, 0.25) is 0 Å². The predicted octanol–water partition coefficient (Wildman–Crippen LogP) is 1.94. The summed E-state index contributed by atoms with van der Waals surface area (Å²) in [7, 11) is 0. The van der Waals surface area contributed by atoms with Crippen LogP contribution >= 0.6 is 0 Å². The van der Waals surface area contributed by atoms with Gasteiger partial charge in [0, 0.05) is 24.4 Å². The molecule has 1 unspecified atom stereocenters. The van der Waals surface area contributed by atoms with E-state index in [0.29, 0.717) is 13.0 Å². The van der Waals surface area contributed by atoms with E-state index in [0.717, 1.165) is 47.6 Å². The quantitative estimate of drug-likeness (QED) is 0.770. The lowest BCUT2D eigenvalue weighted by atomic mass is 9.97. The number of hydrogen-bond donors (Lipinski definition) is 2. The maximum absolute atomic E-state index is 12.7. The van der Waals surface area contributed by atoms with E-state index < -0.39 is 0 Å². The standard InChI is InChI=1S/C17H20N6O/c1-11-18-17(22-19-11)12-5-4-8-23(10-12)16(24)9-15-13-6-2-3-7-14(13)20-21-15/h2-3,6-7,12H,4-5,8-10H2,1H3,(H,20,21)(H,18,19,22). The van der Waals surface area contributed by atoms with Gasteiger partial charge in [-0.1, -0.05) is 18.2 Å². The number of benzene rings is 1. The Labute approximate surface area is 139 Å². The van der Waals surface area contributed by atoms with Gasteiger partial charge in [0.2, 0.25) is 5.91 Å². The molecule has 1 aliphatic heterocycles. The first-order valence-electron chi connectivity index (χ1n) is 8.29. The van der Waals surface area contributed by atoms with Crippen molar-refractivity contribution < 1.29 is 4.79 Å². The number of nitrogens with one attached hydrogen (secondary N) is 2. The number of fused-ring (bicyclic) bond motifs is 1. The zero-order valence-electron chi connectivity index (χ0n) is 13.6. The minimum Gasteiger partial charge on any atom is -0.342 e. The number of para-hydroxylation sites is 1. The number of aryl methyl sites for hydroxylation is 1. The van der Waals surface area contributed by atoms with E-state index in [1.165, 1.54) is 0 Å². The fourth-order valence-corrected chi connectivity index (χ4v) is 3.37. The van der Waals surface area contributed by atoms with Crippen molar-refractivity contribution in [3.05, 3.63) is 41.6 Å².